The predicted molar refractivity (Wildman–Crippen MR) is 107 cm³/mol. The smallest absolute Gasteiger partial charge is 0.330 e. The van der Waals surface area contributed by atoms with Gasteiger partial charge >= 0.3 is 11.9 Å². The van der Waals surface area contributed by atoms with Gasteiger partial charge in [0.1, 0.15) is 17.2 Å². The van der Waals surface area contributed by atoms with E-state index >= 15 is 0 Å². The van der Waals surface area contributed by atoms with E-state index in [0.29, 0.717) is 10.1 Å². The predicted octanol–water partition coefficient (Wildman–Crippen LogP) is 1.73. The summed E-state index contributed by atoms with van der Waals surface area (Å²) < 4.78 is 56.9. The summed E-state index contributed by atoms with van der Waals surface area (Å²) in [6.45, 7) is 0. The van der Waals surface area contributed by atoms with Crippen molar-refractivity contribution in [2.45, 2.75) is 18.1 Å². The molecule has 8 nitrogen and oxygen atoms in total. The summed E-state index contributed by atoms with van der Waals surface area (Å²) in [6.07, 6.45) is -5.95. The number of hydrogen-bond acceptors (Lipinski definition) is 4. The standard InChI is InChI=1S/C21H14F4N4O4/c22-12-6-8-13(9-7-12)29-16-15(17(31)27-19(29)33)20(18(32)26-16,21(23,24)25)28-14(30)10-11-4-2-1-3-5-11/h1-9H,10H2,(H,26,32)(H,28,30)(H,27,31,33)/t20-/m1/s1. The Morgan fingerprint density at radius 3 is 2.24 bits per heavy atom. The molecule has 33 heavy (non-hydrogen) atoms. The molecule has 0 saturated carbocycles. The number of anilines is 1. The van der Waals surface area contributed by atoms with Crippen LogP contribution in [0.15, 0.2) is 64.2 Å². The molecule has 4 rings (SSSR count). The van der Waals surface area contributed by atoms with E-state index in [0.717, 1.165) is 24.3 Å². The largest absolute Gasteiger partial charge is 0.425 e. The third-order valence-electron chi connectivity index (χ3n) is 5.10. The van der Waals surface area contributed by atoms with E-state index < -0.39 is 58.4 Å². The Morgan fingerprint density at radius 2 is 1.64 bits per heavy atom. The van der Waals surface area contributed by atoms with Gasteiger partial charge in [-0.25, -0.2) is 13.8 Å². The number of fused-ring (bicyclic) bond motifs is 1. The molecule has 0 radical (unpaired) electrons. The van der Waals surface area contributed by atoms with E-state index in [4.69, 9.17) is 0 Å². The van der Waals surface area contributed by atoms with Gasteiger partial charge in [-0.05, 0) is 29.8 Å². The molecule has 0 fully saturated rings. The Morgan fingerprint density at radius 1 is 1.00 bits per heavy atom. The minimum atomic E-state index is -5.45. The molecular formula is C21H14F4N4O4. The summed E-state index contributed by atoms with van der Waals surface area (Å²) in [7, 11) is 0. The highest BCUT2D eigenvalue weighted by atomic mass is 19.4. The number of nitrogens with one attached hydrogen (secondary N) is 3. The first-order valence-electron chi connectivity index (χ1n) is 9.43. The zero-order valence-corrected chi connectivity index (χ0v) is 16.5. The fourth-order valence-electron chi connectivity index (χ4n) is 3.65. The van der Waals surface area contributed by atoms with Gasteiger partial charge in [0.05, 0.1) is 12.1 Å². The Balaban J connectivity index is 1.90. The minimum absolute atomic E-state index is 0.122. The second-order valence-electron chi connectivity index (χ2n) is 7.21. The second-order valence-corrected chi connectivity index (χ2v) is 7.21. The lowest BCUT2D eigenvalue weighted by Crippen LogP contribution is -2.62. The third-order valence-corrected chi connectivity index (χ3v) is 5.10. The van der Waals surface area contributed by atoms with Crippen LogP contribution in [0.4, 0.5) is 23.4 Å². The van der Waals surface area contributed by atoms with E-state index in [1.54, 1.807) is 28.5 Å². The van der Waals surface area contributed by atoms with Crippen LogP contribution in [0.5, 0.6) is 0 Å². The van der Waals surface area contributed by atoms with Crippen molar-refractivity contribution in [1.82, 2.24) is 14.9 Å². The van der Waals surface area contributed by atoms with E-state index in [1.165, 1.54) is 12.1 Å². The molecule has 170 valence electrons. The third kappa shape index (κ3) is 3.58. The van der Waals surface area contributed by atoms with Gasteiger partial charge in [-0.15, -0.1) is 0 Å². The van der Waals surface area contributed by atoms with Crippen LogP contribution in [0, 0.1) is 5.82 Å². The van der Waals surface area contributed by atoms with Gasteiger partial charge in [0.15, 0.2) is 0 Å². The number of alkyl halides is 3. The first-order chi connectivity index (χ1) is 15.5. The molecule has 0 aliphatic carbocycles. The van der Waals surface area contributed by atoms with Crippen LogP contribution in [-0.2, 0) is 21.5 Å². The number of carbonyl (C=O) groups is 2. The van der Waals surface area contributed by atoms with Crippen LogP contribution in [0.2, 0.25) is 0 Å². The lowest BCUT2D eigenvalue weighted by atomic mass is 9.91. The summed E-state index contributed by atoms with van der Waals surface area (Å²) in [4.78, 5) is 51.9. The summed E-state index contributed by atoms with van der Waals surface area (Å²) >= 11 is 0. The number of rotatable bonds is 4. The highest BCUT2D eigenvalue weighted by Gasteiger charge is 2.68. The van der Waals surface area contributed by atoms with Crippen molar-refractivity contribution < 1.29 is 27.2 Å². The summed E-state index contributed by atoms with van der Waals surface area (Å²) in [6, 6.07) is 11.8. The number of hydrogen-bond donors (Lipinski definition) is 3. The summed E-state index contributed by atoms with van der Waals surface area (Å²) in [5.74, 6) is -4.41. The Labute approximate surface area is 181 Å². The van der Waals surface area contributed by atoms with Gasteiger partial charge in [0.25, 0.3) is 11.5 Å². The monoisotopic (exact) mass is 462 g/mol. The van der Waals surface area contributed by atoms with E-state index in [9.17, 15) is 36.7 Å². The lowest BCUT2D eigenvalue weighted by molar-refractivity contribution is -0.200. The Hall–Kier alpha value is -4.22. The number of H-pyrrole nitrogens is 1. The zero-order chi connectivity index (χ0) is 24.0. The van der Waals surface area contributed by atoms with Crippen molar-refractivity contribution in [2.75, 3.05) is 5.32 Å². The normalized spacial score (nSPS) is 17.4. The zero-order valence-electron chi connectivity index (χ0n) is 16.5. The van der Waals surface area contributed by atoms with Crippen LogP contribution in [-0.4, -0.2) is 27.5 Å². The van der Waals surface area contributed by atoms with Gasteiger partial charge in [-0.2, -0.15) is 13.2 Å². The van der Waals surface area contributed by atoms with Crippen molar-refractivity contribution in [2.24, 2.45) is 0 Å². The molecule has 2 aromatic carbocycles. The maximum absolute atomic E-state index is 14.3. The molecule has 12 heteroatoms. The average Bonchev–Trinajstić information content (AvgIpc) is 3.03. The van der Waals surface area contributed by atoms with Gasteiger partial charge in [0, 0.05) is 0 Å². The number of aromatic nitrogens is 2. The summed E-state index contributed by atoms with van der Waals surface area (Å²) in [5.41, 5.74) is -7.38. The molecule has 1 aliphatic rings. The molecule has 1 aliphatic heterocycles. The van der Waals surface area contributed by atoms with Crippen molar-refractivity contribution in [1.29, 1.82) is 0 Å². The lowest BCUT2D eigenvalue weighted by Gasteiger charge is -2.30. The highest BCUT2D eigenvalue weighted by molar-refractivity contribution is 6.08. The fraction of sp³-hybridized carbons (Fsp3) is 0.143. The van der Waals surface area contributed by atoms with Crippen molar-refractivity contribution in [3.63, 3.8) is 0 Å². The molecule has 0 bridgehead atoms. The molecule has 0 unspecified atom stereocenters. The Kier molecular flexibility index (Phi) is 5.15. The van der Waals surface area contributed by atoms with E-state index in [-0.39, 0.29) is 5.69 Å². The molecular weight excluding hydrogens is 448 g/mol. The molecule has 1 atom stereocenters. The molecule has 1 aromatic heterocycles. The molecule has 2 heterocycles. The topological polar surface area (TPSA) is 113 Å². The van der Waals surface area contributed by atoms with E-state index in [1.807, 2.05) is 5.32 Å². The molecule has 3 N–H and O–H groups in total. The molecule has 0 spiro atoms. The molecule has 0 saturated heterocycles. The average molecular weight is 462 g/mol. The number of nitrogens with zero attached hydrogens (tertiary/aromatic N) is 1. The van der Waals surface area contributed by atoms with Crippen LogP contribution in [0.25, 0.3) is 5.69 Å². The maximum Gasteiger partial charge on any atom is 0.425 e. The summed E-state index contributed by atoms with van der Waals surface area (Å²) in [5, 5.41) is 3.57. The minimum Gasteiger partial charge on any atom is -0.330 e. The van der Waals surface area contributed by atoms with E-state index in [2.05, 4.69) is 0 Å². The van der Waals surface area contributed by atoms with Crippen LogP contribution in [0.1, 0.15) is 11.1 Å². The van der Waals surface area contributed by atoms with Gasteiger partial charge in [-0.1, -0.05) is 30.3 Å². The number of amides is 2. The number of aromatic amines is 1. The highest BCUT2D eigenvalue weighted by Crippen LogP contribution is 2.45. The van der Waals surface area contributed by atoms with Crippen molar-refractivity contribution in [3.8, 4) is 5.69 Å². The maximum atomic E-state index is 14.3. The number of halogens is 4. The van der Waals surface area contributed by atoms with Gasteiger partial charge in [-0.3, -0.25) is 19.4 Å². The SMILES string of the molecule is O=C(Cc1ccccc1)N[C@@]1(C(F)(F)F)C(=O)Nc2c1c(=O)[nH]c(=O)n2-c1ccc(F)cc1. The first-order valence-corrected chi connectivity index (χ1v) is 9.43. The van der Waals surface area contributed by atoms with Gasteiger partial charge in [0.2, 0.25) is 11.4 Å². The van der Waals surface area contributed by atoms with Crippen molar-refractivity contribution in [3.05, 3.63) is 92.4 Å². The quantitative estimate of drug-likeness (QED) is 0.513. The fourth-order valence-corrected chi connectivity index (χ4v) is 3.65. The van der Waals surface area contributed by atoms with Crippen LogP contribution < -0.4 is 21.9 Å². The van der Waals surface area contributed by atoms with Crippen LogP contribution >= 0.6 is 0 Å². The Bertz CT molecular complexity index is 1360. The second kappa shape index (κ2) is 7.73. The molecule has 2 amide bonds. The number of carbonyl (C=O) groups excluding carboxylic acids is 2. The first kappa shape index (κ1) is 22.0. The van der Waals surface area contributed by atoms with Crippen molar-refractivity contribution >= 4 is 17.6 Å². The number of benzene rings is 2. The van der Waals surface area contributed by atoms with Gasteiger partial charge < -0.3 is 10.6 Å². The van der Waals surface area contributed by atoms with Crippen LogP contribution in [0.3, 0.4) is 0 Å². The molecule has 3 aromatic rings.